The number of carbonyl (C=O) groups excluding carboxylic acids is 3. The van der Waals surface area contributed by atoms with Crippen molar-refractivity contribution in [3.8, 4) is 0 Å². The predicted octanol–water partition coefficient (Wildman–Crippen LogP) is 5.21. The van der Waals surface area contributed by atoms with Crippen molar-refractivity contribution in [1.82, 2.24) is 10.2 Å². The molecule has 0 aliphatic carbocycles. The molecule has 15 heteroatoms. The first kappa shape index (κ1) is 40.9. The average molecular weight is 845 g/mol. The van der Waals surface area contributed by atoms with Crippen LogP contribution in [0.1, 0.15) is 48.4 Å². The van der Waals surface area contributed by atoms with Gasteiger partial charge in [-0.15, -0.1) is 0 Å². The number of nitro groups is 1. The van der Waals surface area contributed by atoms with Gasteiger partial charge in [0.05, 0.1) is 49.0 Å². The minimum absolute atomic E-state index is 0.0264. The smallest absolute Gasteiger partial charge is 0.269 e. The van der Waals surface area contributed by atoms with Gasteiger partial charge < -0.3 is 34.7 Å². The molecule has 3 fully saturated rings. The van der Waals surface area contributed by atoms with E-state index in [1.54, 1.807) is 29.0 Å². The number of nitro benzene ring substituents is 1. The molecule has 0 unspecified atom stereocenters. The molecule has 9 rings (SSSR count). The van der Waals surface area contributed by atoms with Crippen LogP contribution in [0.3, 0.4) is 0 Å². The molecule has 2 spiro atoms. The van der Waals surface area contributed by atoms with E-state index in [0.717, 1.165) is 35.5 Å². The molecular weight excluding hydrogens is 793 g/mol. The molecule has 5 aliphatic heterocycles. The highest BCUT2D eigenvalue weighted by Crippen LogP contribution is 2.60. The molecule has 5 heterocycles. The van der Waals surface area contributed by atoms with Crippen LogP contribution in [0.15, 0.2) is 97.1 Å². The standard InChI is InChI=1S/C46H52N6O8Si/c1-30-42(61(2,3)59)40(25-41(54)48-27-33-12-8-7-11-32(33)23-37(48)28-53)60-46(30)38-24-36(52(57)58)16-17-39(38)49(44(46)56)26-31-10-9-15-35(22-31)50-29-51(34-13-5-4-6-14-34)45(43(50)55)18-20-47-21-19-45/h4-17,22,24,30,37,40,42,47,53,59H,18-21,23,25-29H2,1-3H3/t30-,37-,40+,42-,46+/m0/s1. The second-order valence-electron chi connectivity index (χ2n) is 17.8. The Morgan fingerprint density at radius 1 is 0.934 bits per heavy atom. The molecule has 318 valence electrons. The zero-order valence-electron chi connectivity index (χ0n) is 34.7. The molecule has 5 aliphatic rings. The molecular formula is C46H52N6O8Si. The molecule has 0 aromatic heterocycles. The maximum absolute atomic E-state index is 15.3. The Balaban J connectivity index is 1.04. The minimum atomic E-state index is -3.20. The highest BCUT2D eigenvalue weighted by molar-refractivity contribution is 6.71. The van der Waals surface area contributed by atoms with Crippen molar-refractivity contribution >= 4 is 48.8 Å². The summed E-state index contributed by atoms with van der Waals surface area (Å²) >= 11 is 0. The molecule has 4 aromatic rings. The Kier molecular flexibility index (Phi) is 10.4. The van der Waals surface area contributed by atoms with Crippen molar-refractivity contribution in [2.75, 3.05) is 41.1 Å². The number of carbonyl (C=O) groups is 3. The number of piperidine rings is 1. The van der Waals surface area contributed by atoms with Gasteiger partial charge in [-0.2, -0.15) is 0 Å². The minimum Gasteiger partial charge on any atom is -0.432 e. The quantitative estimate of drug-likeness (QED) is 0.116. The van der Waals surface area contributed by atoms with Crippen LogP contribution in [0.4, 0.5) is 22.7 Å². The van der Waals surface area contributed by atoms with Crippen LogP contribution in [-0.2, 0) is 44.2 Å². The number of rotatable bonds is 9. The monoisotopic (exact) mass is 844 g/mol. The molecule has 3 N–H and O–H groups in total. The summed E-state index contributed by atoms with van der Waals surface area (Å²) in [6.45, 7) is 7.35. The molecule has 4 aromatic carbocycles. The number of non-ortho nitro benzene ring substituents is 1. The van der Waals surface area contributed by atoms with Crippen molar-refractivity contribution < 1.29 is 33.9 Å². The zero-order chi connectivity index (χ0) is 42.8. The Labute approximate surface area is 356 Å². The van der Waals surface area contributed by atoms with Gasteiger partial charge in [-0.3, -0.25) is 29.4 Å². The van der Waals surface area contributed by atoms with Crippen molar-refractivity contribution in [3.63, 3.8) is 0 Å². The van der Waals surface area contributed by atoms with E-state index in [0.29, 0.717) is 49.4 Å². The van der Waals surface area contributed by atoms with Crippen LogP contribution in [0.25, 0.3) is 0 Å². The number of ether oxygens (including phenoxy) is 1. The lowest BCUT2D eigenvalue weighted by atomic mass is 9.82. The number of anilines is 3. The first-order valence-corrected chi connectivity index (χ1v) is 24.2. The number of nitrogens with one attached hydrogen (secondary N) is 1. The van der Waals surface area contributed by atoms with Crippen LogP contribution in [0.5, 0.6) is 0 Å². The molecule has 61 heavy (non-hydrogen) atoms. The molecule has 14 nitrogen and oxygen atoms in total. The molecule has 3 amide bonds. The Morgan fingerprint density at radius 2 is 1.64 bits per heavy atom. The third kappa shape index (κ3) is 6.73. The normalized spacial score (nSPS) is 25.7. The van der Waals surface area contributed by atoms with Crippen LogP contribution >= 0.6 is 0 Å². The van der Waals surface area contributed by atoms with E-state index in [1.807, 2.05) is 90.7 Å². The number of para-hydroxylation sites is 1. The van der Waals surface area contributed by atoms with E-state index in [4.69, 9.17) is 4.74 Å². The Hall–Kier alpha value is -5.45. The average Bonchev–Trinajstić information content (AvgIpc) is 3.80. The number of nitrogens with zero attached hydrogens (tertiary/aromatic N) is 5. The fourth-order valence-electron chi connectivity index (χ4n) is 11.0. The number of hydrogen-bond donors (Lipinski definition) is 3. The summed E-state index contributed by atoms with van der Waals surface area (Å²) in [5.74, 6) is -1.33. The lowest BCUT2D eigenvalue weighted by molar-refractivity contribution is -0.385. The first-order valence-electron chi connectivity index (χ1n) is 21.2. The van der Waals surface area contributed by atoms with Crippen molar-refractivity contribution in [1.29, 1.82) is 0 Å². The highest BCUT2D eigenvalue weighted by Gasteiger charge is 2.67. The van der Waals surface area contributed by atoms with Crippen LogP contribution in [0, 0.1) is 16.0 Å². The number of aliphatic hydroxyl groups is 1. The summed E-state index contributed by atoms with van der Waals surface area (Å²) in [6.07, 6.45) is 0.790. The fourth-order valence-corrected chi connectivity index (χ4v) is 13.6. The maximum Gasteiger partial charge on any atom is 0.269 e. The Bertz CT molecular complexity index is 2390. The van der Waals surface area contributed by atoms with E-state index in [1.165, 1.54) is 12.1 Å². The van der Waals surface area contributed by atoms with Gasteiger partial charge in [-0.25, -0.2) is 0 Å². The first-order chi connectivity index (χ1) is 29.3. The maximum atomic E-state index is 15.3. The largest absolute Gasteiger partial charge is 0.432 e. The second-order valence-corrected chi connectivity index (χ2v) is 21.8. The summed E-state index contributed by atoms with van der Waals surface area (Å²) < 4.78 is 6.93. The summed E-state index contributed by atoms with van der Waals surface area (Å²) in [5.41, 5.74) is 2.03. The van der Waals surface area contributed by atoms with Gasteiger partial charge >= 0.3 is 0 Å². The lowest BCUT2D eigenvalue weighted by Gasteiger charge is -2.39. The number of benzene rings is 4. The van der Waals surface area contributed by atoms with Gasteiger partial charge in [0.25, 0.3) is 17.5 Å². The van der Waals surface area contributed by atoms with Crippen LogP contribution in [0.2, 0.25) is 18.6 Å². The third-order valence-electron chi connectivity index (χ3n) is 13.9. The van der Waals surface area contributed by atoms with E-state index in [-0.39, 0.29) is 37.1 Å². The molecule has 5 atom stereocenters. The van der Waals surface area contributed by atoms with Crippen LogP contribution < -0.4 is 20.0 Å². The third-order valence-corrected chi connectivity index (χ3v) is 16.4. The fraction of sp³-hybridized carbons (Fsp3) is 0.413. The van der Waals surface area contributed by atoms with Crippen molar-refractivity contribution in [2.45, 2.75) is 87.6 Å². The number of aliphatic hydroxyl groups excluding tert-OH is 1. The van der Waals surface area contributed by atoms with Crippen molar-refractivity contribution in [3.05, 3.63) is 129 Å². The second kappa shape index (κ2) is 15.5. The Morgan fingerprint density at radius 3 is 2.34 bits per heavy atom. The van der Waals surface area contributed by atoms with Crippen LogP contribution in [-0.4, -0.2) is 89.8 Å². The number of fused-ring (bicyclic) bond motifs is 3. The lowest BCUT2D eigenvalue weighted by Crippen LogP contribution is -2.55. The summed E-state index contributed by atoms with van der Waals surface area (Å²) in [4.78, 5) is 75.0. The SMILES string of the molecule is C[C@H]1[C@H]([Si](C)(C)O)[C@@H](CC(=O)N2Cc3ccccc3C[C@H]2CO)O[C@]12C(=O)N(Cc1cccc(N3CN(c4ccccc4)C4(CCNCC4)C3=O)c1)c1ccc([N+](=O)[O-])cc12. The van der Waals surface area contributed by atoms with Crippen molar-refractivity contribution in [2.24, 2.45) is 5.92 Å². The summed E-state index contributed by atoms with van der Waals surface area (Å²) in [5, 5.41) is 26.0. The molecule has 0 saturated carbocycles. The predicted molar refractivity (Wildman–Crippen MR) is 232 cm³/mol. The topological polar surface area (TPSA) is 169 Å². The van der Waals surface area contributed by atoms with E-state index < -0.39 is 53.9 Å². The zero-order valence-corrected chi connectivity index (χ0v) is 35.7. The molecule has 3 saturated heterocycles. The van der Waals surface area contributed by atoms with Gasteiger partial charge in [0, 0.05) is 47.1 Å². The van der Waals surface area contributed by atoms with Gasteiger partial charge in [0.15, 0.2) is 13.9 Å². The number of amides is 3. The molecule has 0 radical (unpaired) electrons. The van der Waals surface area contributed by atoms with Gasteiger partial charge in [0.1, 0.15) is 5.54 Å². The van der Waals surface area contributed by atoms with E-state index >= 15 is 4.79 Å². The summed E-state index contributed by atoms with van der Waals surface area (Å²) in [6, 6.07) is 29.3. The van der Waals surface area contributed by atoms with E-state index in [9.17, 15) is 29.6 Å². The van der Waals surface area contributed by atoms with Gasteiger partial charge in [0.2, 0.25) is 5.91 Å². The number of hydrogen-bond acceptors (Lipinski definition) is 10. The highest BCUT2D eigenvalue weighted by atomic mass is 28.4. The van der Waals surface area contributed by atoms with E-state index in [2.05, 4.69) is 10.2 Å². The summed E-state index contributed by atoms with van der Waals surface area (Å²) in [7, 11) is -3.20. The molecule has 0 bridgehead atoms. The van der Waals surface area contributed by atoms with Gasteiger partial charge in [-0.05, 0) is 92.5 Å². The van der Waals surface area contributed by atoms with Gasteiger partial charge in [-0.1, -0.05) is 61.5 Å².